The predicted molar refractivity (Wildman–Crippen MR) is 104 cm³/mol. The van der Waals surface area contributed by atoms with Gasteiger partial charge in [-0.15, -0.1) is 0 Å². The zero-order chi connectivity index (χ0) is 21.5. The van der Waals surface area contributed by atoms with Crippen LogP contribution in [-0.4, -0.2) is 59.7 Å². The third-order valence-corrected chi connectivity index (χ3v) is 9.54. The van der Waals surface area contributed by atoms with E-state index >= 15 is 4.39 Å². The number of allylic oxidation sites excluding steroid dienone is 4. The molecule has 5 rings (SSSR count). The van der Waals surface area contributed by atoms with Crippen molar-refractivity contribution in [2.24, 2.45) is 28.1 Å². The summed E-state index contributed by atoms with van der Waals surface area (Å²) >= 11 is 0. The number of carbonyl (C=O) groups is 2. The SMILES string of the molecule is C[C@]12C=CC(=O)C=C1CC[C@H]1C3C[C@H]4OCO[C@@]4(C(=O)CO)[C@@]3(C)C[C@H](O)[C@@]12CF. The number of aliphatic hydroxyl groups excluding tert-OH is 2. The Morgan fingerprint density at radius 1 is 1.33 bits per heavy atom. The molecule has 0 spiro atoms. The molecule has 30 heavy (non-hydrogen) atoms. The van der Waals surface area contributed by atoms with E-state index in [9.17, 15) is 19.8 Å². The molecule has 2 N–H and O–H groups in total. The highest BCUT2D eigenvalue weighted by Gasteiger charge is 2.77. The normalized spacial score (nSPS) is 51.6. The zero-order valence-corrected chi connectivity index (χ0v) is 17.4. The van der Waals surface area contributed by atoms with Crippen LogP contribution in [0.4, 0.5) is 4.39 Å². The lowest BCUT2D eigenvalue weighted by Crippen LogP contribution is -2.68. The second kappa shape index (κ2) is 6.31. The van der Waals surface area contributed by atoms with Crippen LogP contribution in [0, 0.1) is 28.1 Å². The van der Waals surface area contributed by atoms with Crippen molar-refractivity contribution in [1.29, 1.82) is 0 Å². The van der Waals surface area contributed by atoms with Crippen LogP contribution < -0.4 is 0 Å². The predicted octanol–water partition coefficient (Wildman–Crippen LogP) is 1.89. The Kier molecular flexibility index (Phi) is 4.31. The molecule has 0 radical (unpaired) electrons. The minimum absolute atomic E-state index is 0.0246. The molecule has 0 aromatic carbocycles. The molecule has 0 amide bonds. The van der Waals surface area contributed by atoms with E-state index in [1.54, 1.807) is 12.2 Å². The molecule has 0 aromatic heterocycles. The molecule has 8 atom stereocenters. The summed E-state index contributed by atoms with van der Waals surface area (Å²) in [7, 11) is 0. The molecule has 6 nitrogen and oxygen atoms in total. The van der Waals surface area contributed by atoms with Gasteiger partial charge >= 0.3 is 0 Å². The number of halogens is 1. The summed E-state index contributed by atoms with van der Waals surface area (Å²) in [5.41, 5.74) is -3.07. The number of carbonyl (C=O) groups excluding carboxylic acids is 2. The van der Waals surface area contributed by atoms with Crippen molar-refractivity contribution in [2.45, 2.75) is 57.3 Å². The molecule has 0 bridgehead atoms. The standard InChI is InChI=1S/C23H29FO6/c1-20-6-5-14(26)7-13(20)3-4-15-16-8-19-23(18(28)10-25,30-12-29-19)21(16,2)9-17(27)22(15,20)11-24/h5-7,15-17,19,25,27H,3-4,8-12H2,1-2H3/t15-,16?,17-,19+,20-,21-,22+,23+/m0/s1. The van der Waals surface area contributed by atoms with Crippen molar-refractivity contribution in [2.75, 3.05) is 20.1 Å². The first kappa shape index (κ1) is 20.5. The molecule has 4 fully saturated rings. The number of rotatable bonds is 3. The average molecular weight is 420 g/mol. The Morgan fingerprint density at radius 2 is 2.10 bits per heavy atom. The Bertz CT molecular complexity index is 868. The maximum absolute atomic E-state index is 15.1. The van der Waals surface area contributed by atoms with Crippen LogP contribution in [0.5, 0.6) is 0 Å². The van der Waals surface area contributed by atoms with Crippen molar-refractivity contribution < 1.29 is 33.7 Å². The maximum Gasteiger partial charge on any atom is 0.193 e. The fourth-order valence-electron chi connectivity index (χ4n) is 8.09. The molecule has 1 heterocycles. The number of alkyl halides is 1. The number of hydrogen-bond donors (Lipinski definition) is 2. The highest BCUT2D eigenvalue weighted by Crippen LogP contribution is 2.73. The van der Waals surface area contributed by atoms with Crippen LogP contribution in [0.25, 0.3) is 0 Å². The van der Waals surface area contributed by atoms with E-state index in [0.29, 0.717) is 19.3 Å². The summed E-state index contributed by atoms with van der Waals surface area (Å²) in [4.78, 5) is 24.9. The highest BCUT2D eigenvalue weighted by molar-refractivity contribution is 6.01. The van der Waals surface area contributed by atoms with E-state index < -0.39 is 53.1 Å². The number of fused-ring (bicyclic) bond motifs is 7. The first-order valence-corrected chi connectivity index (χ1v) is 10.8. The summed E-state index contributed by atoms with van der Waals surface area (Å²) in [6.45, 7) is 2.46. The third kappa shape index (κ3) is 2.03. The summed E-state index contributed by atoms with van der Waals surface area (Å²) in [5.74, 6) is -0.852. The molecular formula is C23H29FO6. The van der Waals surface area contributed by atoms with Gasteiger partial charge in [0.05, 0.1) is 18.9 Å². The van der Waals surface area contributed by atoms with E-state index in [-0.39, 0.29) is 30.8 Å². The molecule has 3 saturated carbocycles. The molecule has 7 heteroatoms. The van der Waals surface area contributed by atoms with Crippen molar-refractivity contribution in [3.05, 3.63) is 23.8 Å². The third-order valence-electron chi connectivity index (χ3n) is 9.54. The number of hydrogen-bond acceptors (Lipinski definition) is 6. The summed E-state index contributed by atoms with van der Waals surface area (Å²) < 4.78 is 26.8. The van der Waals surface area contributed by atoms with Gasteiger partial charge < -0.3 is 19.7 Å². The molecule has 5 aliphatic rings. The maximum atomic E-state index is 15.1. The monoisotopic (exact) mass is 420 g/mol. The van der Waals surface area contributed by atoms with Gasteiger partial charge in [0.15, 0.2) is 17.2 Å². The summed E-state index contributed by atoms with van der Waals surface area (Å²) in [6, 6.07) is 0. The Morgan fingerprint density at radius 3 is 2.80 bits per heavy atom. The van der Waals surface area contributed by atoms with Gasteiger partial charge in [-0.3, -0.25) is 14.0 Å². The Hall–Kier alpha value is -1.41. The van der Waals surface area contributed by atoms with E-state index in [1.807, 2.05) is 13.8 Å². The lowest BCUT2D eigenvalue weighted by atomic mass is 9.39. The summed E-state index contributed by atoms with van der Waals surface area (Å²) in [5, 5.41) is 21.3. The van der Waals surface area contributed by atoms with Crippen LogP contribution in [0.2, 0.25) is 0 Å². The molecule has 1 saturated heterocycles. The van der Waals surface area contributed by atoms with Crippen molar-refractivity contribution >= 4 is 11.6 Å². The van der Waals surface area contributed by atoms with Crippen molar-refractivity contribution in [3.8, 4) is 0 Å². The fraction of sp³-hybridized carbons (Fsp3) is 0.739. The fourth-order valence-corrected chi connectivity index (χ4v) is 8.09. The second-order valence-electron chi connectivity index (χ2n) is 10.1. The number of ether oxygens (including phenoxy) is 2. The van der Waals surface area contributed by atoms with Gasteiger partial charge in [0.1, 0.15) is 13.4 Å². The zero-order valence-electron chi connectivity index (χ0n) is 17.4. The van der Waals surface area contributed by atoms with E-state index in [2.05, 4.69) is 0 Å². The second-order valence-corrected chi connectivity index (χ2v) is 10.1. The molecule has 1 unspecified atom stereocenters. The van der Waals surface area contributed by atoms with Gasteiger partial charge in [0, 0.05) is 16.2 Å². The molecular weight excluding hydrogens is 391 g/mol. The lowest BCUT2D eigenvalue weighted by Gasteiger charge is -2.65. The van der Waals surface area contributed by atoms with Crippen LogP contribution in [0.1, 0.15) is 39.5 Å². The van der Waals surface area contributed by atoms with Crippen LogP contribution in [0.3, 0.4) is 0 Å². The van der Waals surface area contributed by atoms with Gasteiger partial charge in [-0.05, 0) is 49.7 Å². The van der Waals surface area contributed by atoms with Gasteiger partial charge in [-0.2, -0.15) is 0 Å². The van der Waals surface area contributed by atoms with E-state index in [4.69, 9.17) is 9.47 Å². The highest BCUT2D eigenvalue weighted by atomic mass is 19.1. The van der Waals surface area contributed by atoms with Crippen LogP contribution in [-0.2, 0) is 19.1 Å². The minimum Gasteiger partial charge on any atom is -0.392 e. The Labute approximate surface area is 175 Å². The minimum atomic E-state index is -1.31. The van der Waals surface area contributed by atoms with Crippen LogP contribution in [0.15, 0.2) is 23.8 Å². The largest absolute Gasteiger partial charge is 0.392 e. The van der Waals surface area contributed by atoms with E-state index in [1.165, 1.54) is 6.08 Å². The lowest BCUT2D eigenvalue weighted by molar-refractivity contribution is -0.221. The van der Waals surface area contributed by atoms with Crippen molar-refractivity contribution in [1.82, 2.24) is 0 Å². The first-order valence-electron chi connectivity index (χ1n) is 10.8. The average Bonchev–Trinajstić information content (AvgIpc) is 3.24. The molecule has 1 aliphatic heterocycles. The molecule has 164 valence electrons. The van der Waals surface area contributed by atoms with Crippen molar-refractivity contribution in [3.63, 3.8) is 0 Å². The van der Waals surface area contributed by atoms with Crippen LogP contribution >= 0.6 is 0 Å². The Balaban J connectivity index is 1.66. The first-order chi connectivity index (χ1) is 14.2. The van der Waals surface area contributed by atoms with Gasteiger partial charge in [-0.1, -0.05) is 25.5 Å². The number of ketones is 2. The topological polar surface area (TPSA) is 93.1 Å². The number of Topliss-reactive ketones (excluding diaryl/α,β-unsaturated/α-hetero) is 1. The van der Waals surface area contributed by atoms with E-state index in [0.717, 1.165) is 5.57 Å². The van der Waals surface area contributed by atoms with Gasteiger partial charge in [-0.25, -0.2) is 0 Å². The smallest absolute Gasteiger partial charge is 0.193 e. The molecule has 0 aromatic rings. The number of aliphatic hydroxyl groups is 2. The molecule has 4 aliphatic carbocycles. The van der Waals surface area contributed by atoms with Gasteiger partial charge in [0.25, 0.3) is 0 Å². The van der Waals surface area contributed by atoms with Gasteiger partial charge in [0.2, 0.25) is 0 Å². The summed E-state index contributed by atoms with van der Waals surface area (Å²) in [6.07, 6.45) is 5.28. The quantitative estimate of drug-likeness (QED) is 0.724.